The van der Waals surface area contributed by atoms with E-state index in [0.717, 1.165) is 0 Å². The van der Waals surface area contributed by atoms with Crippen LogP contribution in [0, 0.1) is 0 Å². The van der Waals surface area contributed by atoms with Gasteiger partial charge in [0.2, 0.25) is 0 Å². The Morgan fingerprint density at radius 2 is 2.04 bits per heavy atom. The van der Waals surface area contributed by atoms with Crippen molar-refractivity contribution in [2.24, 2.45) is 0 Å². The Balaban J connectivity index is 2.50. The predicted octanol–water partition coefficient (Wildman–Crippen LogP) is 3.34. The zero-order valence-electron chi connectivity index (χ0n) is 15.9. The third-order valence-electron chi connectivity index (χ3n) is 4.28. The molecule has 1 heterocycles. The molecule has 0 saturated carbocycles. The molecule has 0 aliphatic carbocycles. The molecule has 2 rings (SSSR count). The van der Waals surface area contributed by atoms with Crippen LogP contribution in [-0.2, 0) is 9.53 Å². The Hall–Kier alpha value is -1.87. The number of methoxy groups -OCH3 is 2. The van der Waals surface area contributed by atoms with Gasteiger partial charge in [0.1, 0.15) is 6.61 Å². The highest BCUT2D eigenvalue weighted by Gasteiger charge is 2.35. The third kappa shape index (κ3) is 4.52. The lowest BCUT2D eigenvalue weighted by atomic mass is 9.94. The molecule has 1 aliphatic rings. The van der Waals surface area contributed by atoms with Crippen LogP contribution in [0.1, 0.15) is 18.5 Å². The second-order valence-corrected chi connectivity index (χ2v) is 7.65. The molecule has 0 bridgehead atoms. The normalized spacial score (nSPS) is 16.9. The van der Waals surface area contributed by atoms with Gasteiger partial charge in [-0.05, 0) is 46.8 Å². The molecule has 1 aliphatic heterocycles. The van der Waals surface area contributed by atoms with Crippen LogP contribution in [-0.4, -0.2) is 56.8 Å². The van der Waals surface area contributed by atoms with Crippen molar-refractivity contribution in [3.8, 4) is 11.5 Å². The second kappa shape index (κ2) is 9.36. The summed E-state index contributed by atoms with van der Waals surface area (Å²) < 4.78 is 16.8. The number of esters is 1. The highest BCUT2D eigenvalue weighted by Crippen LogP contribution is 2.40. The van der Waals surface area contributed by atoms with Gasteiger partial charge in [-0.2, -0.15) is 11.8 Å². The molecule has 0 radical (unpaired) electrons. The number of nitrogens with zero attached hydrogens (tertiary/aromatic N) is 1. The number of hydrogen-bond donors (Lipinski definition) is 1. The van der Waals surface area contributed by atoms with Crippen molar-refractivity contribution < 1.29 is 23.8 Å². The molecule has 0 spiro atoms. The van der Waals surface area contributed by atoms with Crippen molar-refractivity contribution in [1.82, 2.24) is 10.2 Å². The molecule has 0 fully saturated rings. The van der Waals surface area contributed by atoms with Gasteiger partial charge in [0.05, 0.1) is 30.3 Å². The van der Waals surface area contributed by atoms with E-state index in [1.807, 2.05) is 6.26 Å². The number of hydrogen-bond acceptors (Lipinski definition) is 6. The lowest BCUT2D eigenvalue weighted by Gasteiger charge is -2.33. The number of amides is 2. The summed E-state index contributed by atoms with van der Waals surface area (Å²) in [6, 6.07) is 2.57. The monoisotopic (exact) mass is 458 g/mol. The number of halogens is 1. The zero-order chi connectivity index (χ0) is 20.1. The number of ether oxygens (including phenoxy) is 3. The van der Waals surface area contributed by atoms with Gasteiger partial charge in [-0.3, -0.25) is 0 Å². The van der Waals surface area contributed by atoms with Crippen LogP contribution in [0.2, 0.25) is 0 Å². The summed E-state index contributed by atoms with van der Waals surface area (Å²) >= 11 is 5.04. The summed E-state index contributed by atoms with van der Waals surface area (Å²) in [6.45, 7) is 2.03. The maximum absolute atomic E-state index is 12.7. The maximum Gasteiger partial charge on any atom is 0.338 e. The van der Waals surface area contributed by atoms with E-state index < -0.39 is 12.0 Å². The average molecular weight is 459 g/mol. The number of benzene rings is 1. The highest BCUT2D eigenvalue weighted by molar-refractivity contribution is 9.10. The summed E-state index contributed by atoms with van der Waals surface area (Å²) in [5.74, 6) is 1.27. The summed E-state index contributed by atoms with van der Waals surface area (Å²) in [6.07, 6.45) is 1.94. The van der Waals surface area contributed by atoms with Crippen molar-refractivity contribution >= 4 is 39.7 Å². The van der Waals surface area contributed by atoms with Crippen LogP contribution in [0.3, 0.4) is 0 Å². The van der Waals surface area contributed by atoms with Crippen LogP contribution in [0.15, 0.2) is 27.9 Å². The standard InChI is InChI=1S/C18H23BrN2O5S/c1-10-14(17(22)26-6-7-27-5)15(20-18(23)21(10)2)11-8-12(19)16(25-4)13(9-11)24-3/h8-9,15H,6-7H2,1-5H3,(H,20,23)/t15-/m1/s1. The number of allylic oxidation sites excluding steroid dienone is 1. The fraction of sp³-hybridized carbons (Fsp3) is 0.444. The molecule has 0 saturated heterocycles. The molecule has 1 aromatic rings. The van der Waals surface area contributed by atoms with Gasteiger partial charge in [-0.15, -0.1) is 0 Å². The zero-order valence-corrected chi connectivity index (χ0v) is 18.3. The molecule has 0 unspecified atom stereocenters. The Bertz CT molecular complexity index is 768. The lowest BCUT2D eigenvalue weighted by Crippen LogP contribution is -2.46. The number of carbonyl (C=O) groups excluding carboxylic acids is 2. The Morgan fingerprint density at radius 3 is 2.63 bits per heavy atom. The molecule has 0 aromatic heterocycles. The molecule has 9 heteroatoms. The van der Waals surface area contributed by atoms with E-state index in [0.29, 0.717) is 45.2 Å². The number of urea groups is 1. The molecule has 7 nitrogen and oxygen atoms in total. The predicted molar refractivity (Wildman–Crippen MR) is 108 cm³/mol. The molecular weight excluding hydrogens is 436 g/mol. The average Bonchev–Trinajstić information content (AvgIpc) is 2.65. The molecule has 27 heavy (non-hydrogen) atoms. The van der Waals surface area contributed by atoms with E-state index in [4.69, 9.17) is 14.2 Å². The highest BCUT2D eigenvalue weighted by atomic mass is 79.9. The van der Waals surface area contributed by atoms with E-state index in [-0.39, 0.29) is 6.03 Å². The lowest BCUT2D eigenvalue weighted by molar-refractivity contribution is -0.139. The van der Waals surface area contributed by atoms with E-state index in [1.165, 1.54) is 19.1 Å². The summed E-state index contributed by atoms with van der Waals surface area (Å²) in [4.78, 5) is 26.5. The minimum atomic E-state index is -0.661. The molecule has 1 atom stereocenters. The quantitative estimate of drug-likeness (QED) is 0.498. The number of carbonyl (C=O) groups is 2. The van der Waals surface area contributed by atoms with Gasteiger partial charge in [0.15, 0.2) is 11.5 Å². The first-order chi connectivity index (χ1) is 12.8. The van der Waals surface area contributed by atoms with Gasteiger partial charge in [0.25, 0.3) is 0 Å². The Morgan fingerprint density at radius 1 is 1.33 bits per heavy atom. The topological polar surface area (TPSA) is 77.1 Å². The Labute approximate surface area is 171 Å². The van der Waals surface area contributed by atoms with Crippen molar-refractivity contribution in [3.63, 3.8) is 0 Å². The second-order valence-electron chi connectivity index (χ2n) is 5.81. The SMILES string of the molecule is COc1cc([C@H]2NC(=O)N(C)C(C)=C2C(=O)OCCSC)cc(Br)c1OC. The summed E-state index contributed by atoms with van der Waals surface area (Å²) in [5.41, 5.74) is 1.61. The first-order valence-electron chi connectivity index (χ1n) is 8.18. The van der Waals surface area contributed by atoms with Crippen LogP contribution in [0.5, 0.6) is 11.5 Å². The van der Waals surface area contributed by atoms with E-state index in [1.54, 1.807) is 37.9 Å². The first-order valence-corrected chi connectivity index (χ1v) is 10.4. The van der Waals surface area contributed by atoms with Crippen molar-refractivity contribution in [1.29, 1.82) is 0 Å². The van der Waals surface area contributed by atoms with Gasteiger partial charge >= 0.3 is 12.0 Å². The van der Waals surface area contributed by atoms with Gasteiger partial charge in [-0.25, -0.2) is 9.59 Å². The van der Waals surface area contributed by atoms with Gasteiger partial charge in [-0.1, -0.05) is 0 Å². The van der Waals surface area contributed by atoms with Crippen LogP contribution >= 0.6 is 27.7 Å². The van der Waals surface area contributed by atoms with Crippen molar-refractivity contribution in [3.05, 3.63) is 33.4 Å². The van der Waals surface area contributed by atoms with Gasteiger partial charge < -0.3 is 24.4 Å². The van der Waals surface area contributed by atoms with Gasteiger partial charge in [0, 0.05) is 18.5 Å². The molecular formula is C18H23BrN2O5S. The van der Waals surface area contributed by atoms with E-state index in [2.05, 4.69) is 21.2 Å². The Kier molecular flexibility index (Phi) is 7.43. The largest absolute Gasteiger partial charge is 0.493 e. The van der Waals surface area contributed by atoms with Crippen molar-refractivity contribution in [2.75, 3.05) is 39.9 Å². The van der Waals surface area contributed by atoms with Crippen LogP contribution in [0.4, 0.5) is 4.79 Å². The van der Waals surface area contributed by atoms with E-state index in [9.17, 15) is 9.59 Å². The van der Waals surface area contributed by atoms with Crippen LogP contribution < -0.4 is 14.8 Å². The van der Waals surface area contributed by atoms with Crippen molar-refractivity contribution in [2.45, 2.75) is 13.0 Å². The molecule has 1 aromatic carbocycles. The smallest absolute Gasteiger partial charge is 0.338 e. The minimum absolute atomic E-state index is 0.302. The molecule has 2 amide bonds. The molecule has 148 valence electrons. The summed E-state index contributed by atoms with van der Waals surface area (Å²) in [7, 11) is 4.68. The number of thioether (sulfide) groups is 1. The fourth-order valence-electron chi connectivity index (χ4n) is 2.75. The van der Waals surface area contributed by atoms with Crippen LogP contribution in [0.25, 0.3) is 0 Å². The minimum Gasteiger partial charge on any atom is -0.493 e. The third-order valence-corrected chi connectivity index (χ3v) is 5.45. The molecule has 1 N–H and O–H groups in total. The number of nitrogens with one attached hydrogen (secondary N) is 1. The number of rotatable bonds is 7. The first kappa shape index (κ1) is 21.4. The van der Waals surface area contributed by atoms with E-state index >= 15 is 0 Å². The fourth-order valence-corrected chi connectivity index (χ4v) is 3.62. The maximum atomic E-state index is 12.7. The summed E-state index contributed by atoms with van der Waals surface area (Å²) in [5, 5.41) is 2.86.